The summed E-state index contributed by atoms with van der Waals surface area (Å²) >= 11 is 0. The number of amides is 4. The van der Waals surface area contributed by atoms with Gasteiger partial charge in [-0.2, -0.15) is 0 Å². The molecule has 1 aliphatic heterocycles. The second-order valence-corrected chi connectivity index (χ2v) is 7.84. The molecule has 1 aliphatic rings. The van der Waals surface area contributed by atoms with Crippen LogP contribution in [0.25, 0.3) is 6.08 Å². The number of aryl methyl sites for hydroxylation is 1. The number of carboxylic acid groups (broad SMARTS) is 1. The Hall–Kier alpha value is -4.72. The maximum Gasteiger partial charge on any atom is 0.335 e. The molecule has 0 radical (unpaired) electrons. The SMILES string of the molecule is CCc1ccc(N2C(=O)NC(=O)C(=Cc3ccc(OCc4cccc(C(=O)O)c4)cc3)C2=O)cc1. The molecule has 0 spiro atoms. The highest BCUT2D eigenvalue weighted by Crippen LogP contribution is 2.23. The van der Waals surface area contributed by atoms with Gasteiger partial charge in [0.15, 0.2) is 0 Å². The lowest BCUT2D eigenvalue weighted by atomic mass is 10.1. The zero-order valence-corrected chi connectivity index (χ0v) is 18.9. The molecule has 0 saturated carbocycles. The van der Waals surface area contributed by atoms with Crippen molar-refractivity contribution in [2.45, 2.75) is 20.0 Å². The number of carbonyl (C=O) groups is 4. The molecule has 8 nitrogen and oxygen atoms in total. The Morgan fingerprint density at radius 1 is 0.971 bits per heavy atom. The van der Waals surface area contributed by atoms with Crippen LogP contribution in [0, 0.1) is 0 Å². The van der Waals surface area contributed by atoms with Gasteiger partial charge >= 0.3 is 12.0 Å². The number of urea groups is 1. The summed E-state index contributed by atoms with van der Waals surface area (Å²) in [5.74, 6) is -1.95. The number of imide groups is 2. The van der Waals surface area contributed by atoms with Gasteiger partial charge in [0.2, 0.25) is 0 Å². The molecule has 35 heavy (non-hydrogen) atoms. The maximum absolute atomic E-state index is 13.0. The molecule has 2 N–H and O–H groups in total. The summed E-state index contributed by atoms with van der Waals surface area (Å²) < 4.78 is 5.71. The topological polar surface area (TPSA) is 113 Å². The molecule has 0 aromatic heterocycles. The Morgan fingerprint density at radius 2 is 1.69 bits per heavy atom. The summed E-state index contributed by atoms with van der Waals surface area (Å²) in [6, 6.07) is 19.3. The van der Waals surface area contributed by atoms with Crippen LogP contribution in [0.3, 0.4) is 0 Å². The largest absolute Gasteiger partial charge is 0.489 e. The first-order chi connectivity index (χ1) is 16.9. The molecule has 4 rings (SSSR count). The number of hydrogen-bond acceptors (Lipinski definition) is 5. The Morgan fingerprint density at radius 3 is 2.34 bits per heavy atom. The Kier molecular flexibility index (Phi) is 6.73. The van der Waals surface area contributed by atoms with Crippen molar-refractivity contribution in [2.75, 3.05) is 4.90 Å². The monoisotopic (exact) mass is 470 g/mol. The molecule has 0 unspecified atom stereocenters. The lowest BCUT2D eigenvalue weighted by Crippen LogP contribution is -2.54. The number of carbonyl (C=O) groups excluding carboxylic acids is 3. The summed E-state index contributed by atoms with van der Waals surface area (Å²) in [4.78, 5) is 49.8. The summed E-state index contributed by atoms with van der Waals surface area (Å²) in [5.41, 5.74) is 2.72. The van der Waals surface area contributed by atoms with E-state index >= 15 is 0 Å². The second kappa shape index (κ2) is 10.0. The molecule has 1 saturated heterocycles. The number of ether oxygens (including phenoxy) is 1. The van der Waals surface area contributed by atoms with Crippen molar-refractivity contribution in [3.63, 3.8) is 0 Å². The number of benzene rings is 3. The average Bonchev–Trinajstić information content (AvgIpc) is 2.86. The van der Waals surface area contributed by atoms with Gasteiger partial charge in [0.25, 0.3) is 11.8 Å². The van der Waals surface area contributed by atoms with Crippen molar-refractivity contribution in [3.8, 4) is 5.75 Å². The average molecular weight is 470 g/mol. The highest BCUT2D eigenvalue weighted by molar-refractivity contribution is 6.39. The molecule has 1 fully saturated rings. The van der Waals surface area contributed by atoms with Gasteiger partial charge in [0.05, 0.1) is 11.3 Å². The van der Waals surface area contributed by atoms with Crippen LogP contribution in [-0.2, 0) is 22.6 Å². The summed E-state index contributed by atoms with van der Waals surface area (Å²) in [6.45, 7) is 2.18. The van der Waals surface area contributed by atoms with Crippen molar-refractivity contribution >= 4 is 35.6 Å². The molecule has 0 bridgehead atoms. The minimum Gasteiger partial charge on any atom is -0.489 e. The van der Waals surface area contributed by atoms with E-state index in [4.69, 9.17) is 9.84 Å². The van der Waals surface area contributed by atoms with Crippen LogP contribution in [0.4, 0.5) is 10.5 Å². The standard InChI is InChI=1S/C27H22N2O6/c1-2-17-6-10-21(11-7-17)29-25(31)23(24(30)28-27(29)34)15-18-8-12-22(13-9-18)35-16-19-4-3-5-20(14-19)26(32)33/h3-15H,2,16H2,1H3,(H,32,33)(H,28,30,34). The Labute approximate surface area is 201 Å². The van der Waals surface area contributed by atoms with Crippen molar-refractivity contribution < 1.29 is 29.0 Å². The highest BCUT2D eigenvalue weighted by atomic mass is 16.5. The van der Waals surface area contributed by atoms with Gasteiger partial charge in [-0.1, -0.05) is 43.3 Å². The van der Waals surface area contributed by atoms with E-state index in [0.29, 0.717) is 22.6 Å². The van der Waals surface area contributed by atoms with Crippen LogP contribution in [0.1, 0.15) is 34.0 Å². The second-order valence-electron chi connectivity index (χ2n) is 7.84. The molecular weight excluding hydrogens is 448 g/mol. The van der Waals surface area contributed by atoms with E-state index in [9.17, 15) is 19.2 Å². The molecule has 176 valence electrons. The maximum atomic E-state index is 13.0. The normalized spacial score (nSPS) is 14.7. The van der Waals surface area contributed by atoms with Gasteiger partial charge in [-0.3, -0.25) is 14.9 Å². The first-order valence-electron chi connectivity index (χ1n) is 10.9. The van der Waals surface area contributed by atoms with E-state index in [0.717, 1.165) is 16.9 Å². The van der Waals surface area contributed by atoms with E-state index in [-0.39, 0.29) is 17.7 Å². The van der Waals surface area contributed by atoms with Gasteiger partial charge in [-0.15, -0.1) is 0 Å². The first-order valence-corrected chi connectivity index (χ1v) is 10.9. The fourth-order valence-electron chi connectivity index (χ4n) is 3.56. The van der Waals surface area contributed by atoms with E-state index < -0.39 is 23.8 Å². The minimum absolute atomic E-state index is 0.164. The van der Waals surface area contributed by atoms with Crippen molar-refractivity contribution in [1.29, 1.82) is 0 Å². The number of nitrogens with one attached hydrogen (secondary N) is 1. The van der Waals surface area contributed by atoms with Crippen molar-refractivity contribution in [1.82, 2.24) is 5.32 Å². The zero-order valence-electron chi connectivity index (χ0n) is 18.9. The van der Waals surface area contributed by atoms with Gasteiger partial charge in [0, 0.05) is 0 Å². The Balaban J connectivity index is 1.49. The number of rotatable bonds is 7. The van der Waals surface area contributed by atoms with Gasteiger partial charge in [-0.25, -0.2) is 14.5 Å². The minimum atomic E-state index is -1.01. The summed E-state index contributed by atoms with van der Waals surface area (Å²) in [7, 11) is 0. The van der Waals surface area contributed by atoms with Gasteiger partial charge < -0.3 is 9.84 Å². The van der Waals surface area contributed by atoms with Gasteiger partial charge in [-0.05, 0) is 65.6 Å². The Bertz CT molecular complexity index is 1330. The fourth-order valence-corrected chi connectivity index (χ4v) is 3.56. The highest BCUT2D eigenvalue weighted by Gasteiger charge is 2.36. The van der Waals surface area contributed by atoms with Gasteiger partial charge in [0.1, 0.15) is 17.9 Å². The van der Waals surface area contributed by atoms with E-state index in [1.165, 1.54) is 18.2 Å². The van der Waals surface area contributed by atoms with Crippen molar-refractivity contribution in [3.05, 3.63) is 101 Å². The lowest BCUT2D eigenvalue weighted by Gasteiger charge is -2.26. The van der Waals surface area contributed by atoms with Crippen LogP contribution < -0.4 is 15.0 Å². The number of aromatic carboxylic acids is 1. The van der Waals surface area contributed by atoms with Crippen LogP contribution >= 0.6 is 0 Å². The molecular formula is C27H22N2O6. The molecule has 3 aromatic rings. The van der Waals surface area contributed by atoms with E-state index in [2.05, 4.69) is 5.32 Å². The predicted molar refractivity (Wildman–Crippen MR) is 129 cm³/mol. The van der Waals surface area contributed by atoms with E-state index in [1.54, 1.807) is 48.5 Å². The predicted octanol–water partition coefficient (Wildman–Crippen LogP) is 4.19. The van der Waals surface area contributed by atoms with E-state index in [1.807, 2.05) is 19.1 Å². The first kappa shape index (κ1) is 23.4. The fraction of sp³-hybridized carbons (Fsp3) is 0.111. The van der Waals surface area contributed by atoms with Crippen LogP contribution in [-0.4, -0.2) is 28.9 Å². The third kappa shape index (κ3) is 5.27. The molecule has 0 atom stereocenters. The molecule has 1 heterocycles. The van der Waals surface area contributed by atoms with Crippen LogP contribution in [0.15, 0.2) is 78.4 Å². The molecule has 0 aliphatic carbocycles. The molecule has 4 amide bonds. The zero-order chi connectivity index (χ0) is 24.9. The quantitative estimate of drug-likeness (QED) is 0.395. The molecule has 3 aromatic carbocycles. The summed E-state index contributed by atoms with van der Waals surface area (Å²) in [6.07, 6.45) is 2.23. The number of carboxylic acids is 1. The molecule has 8 heteroatoms. The smallest absolute Gasteiger partial charge is 0.335 e. The lowest BCUT2D eigenvalue weighted by molar-refractivity contribution is -0.122. The number of hydrogen-bond donors (Lipinski definition) is 2. The summed E-state index contributed by atoms with van der Waals surface area (Å²) in [5, 5.41) is 11.3. The third-order valence-electron chi connectivity index (χ3n) is 5.48. The van der Waals surface area contributed by atoms with Crippen LogP contribution in [0.2, 0.25) is 0 Å². The number of anilines is 1. The van der Waals surface area contributed by atoms with Crippen molar-refractivity contribution in [2.24, 2.45) is 0 Å². The number of barbiturate groups is 1. The third-order valence-corrected chi connectivity index (χ3v) is 5.48. The number of nitrogens with zero attached hydrogens (tertiary/aromatic N) is 1. The van der Waals surface area contributed by atoms with Crippen LogP contribution in [0.5, 0.6) is 5.75 Å².